The van der Waals surface area contributed by atoms with E-state index in [1.807, 2.05) is 48.9 Å². The van der Waals surface area contributed by atoms with Gasteiger partial charge in [0.25, 0.3) is 0 Å². The molecule has 0 atom stereocenters. The largest absolute Gasteiger partial charge is 0.345 e. The van der Waals surface area contributed by atoms with Gasteiger partial charge in [0.05, 0.1) is 17.9 Å². The number of rotatable bonds is 5. The van der Waals surface area contributed by atoms with E-state index in [1.54, 1.807) is 0 Å². The molecule has 1 aromatic carbocycles. The standard InChI is InChI=1S/C17H19N3O/c1-4-11-18-17(21)10-7-15-5-8-16(9-6-15)20-14(3)12-13(2)19-20/h1,5-6,8-9,12H,7,10-11H2,2-3H3,(H,18,21). The van der Waals surface area contributed by atoms with Crippen molar-refractivity contribution in [2.75, 3.05) is 6.54 Å². The maximum Gasteiger partial charge on any atom is 0.221 e. The molecule has 0 spiro atoms. The van der Waals surface area contributed by atoms with Gasteiger partial charge in [-0.15, -0.1) is 6.42 Å². The molecule has 0 aliphatic carbocycles. The van der Waals surface area contributed by atoms with Gasteiger partial charge in [0.1, 0.15) is 0 Å². The SMILES string of the molecule is C#CCNC(=O)CCc1ccc(-n2nc(C)cc2C)cc1. The summed E-state index contributed by atoms with van der Waals surface area (Å²) < 4.78 is 1.92. The fourth-order valence-corrected chi connectivity index (χ4v) is 2.19. The van der Waals surface area contributed by atoms with E-state index in [0.717, 1.165) is 22.6 Å². The summed E-state index contributed by atoms with van der Waals surface area (Å²) >= 11 is 0. The second-order valence-electron chi connectivity index (χ2n) is 4.99. The van der Waals surface area contributed by atoms with Crippen molar-refractivity contribution in [1.82, 2.24) is 15.1 Å². The van der Waals surface area contributed by atoms with E-state index < -0.39 is 0 Å². The lowest BCUT2D eigenvalue weighted by Gasteiger charge is -2.06. The molecule has 0 saturated carbocycles. The van der Waals surface area contributed by atoms with Crippen LogP contribution in [0.5, 0.6) is 0 Å². The third-order valence-corrected chi connectivity index (χ3v) is 3.22. The number of aromatic nitrogens is 2. The number of terminal acetylenes is 1. The van der Waals surface area contributed by atoms with Crippen molar-refractivity contribution < 1.29 is 4.79 Å². The fraction of sp³-hybridized carbons (Fsp3) is 0.294. The summed E-state index contributed by atoms with van der Waals surface area (Å²) in [7, 11) is 0. The van der Waals surface area contributed by atoms with Crippen LogP contribution in [0.15, 0.2) is 30.3 Å². The monoisotopic (exact) mass is 281 g/mol. The number of aryl methyl sites for hydroxylation is 3. The Labute approximate surface area is 125 Å². The van der Waals surface area contributed by atoms with Gasteiger partial charge >= 0.3 is 0 Å². The molecule has 2 rings (SSSR count). The third kappa shape index (κ3) is 3.96. The lowest BCUT2D eigenvalue weighted by atomic mass is 10.1. The van der Waals surface area contributed by atoms with Crippen molar-refractivity contribution in [2.45, 2.75) is 26.7 Å². The van der Waals surface area contributed by atoms with Crippen LogP contribution in [-0.4, -0.2) is 22.2 Å². The van der Waals surface area contributed by atoms with Crippen LogP contribution < -0.4 is 5.32 Å². The number of amides is 1. The van der Waals surface area contributed by atoms with E-state index in [1.165, 1.54) is 0 Å². The molecule has 21 heavy (non-hydrogen) atoms. The van der Waals surface area contributed by atoms with Gasteiger partial charge in [-0.1, -0.05) is 18.1 Å². The minimum atomic E-state index is -0.0180. The topological polar surface area (TPSA) is 46.9 Å². The lowest BCUT2D eigenvalue weighted by molar-refractivity contribution is -0.120. The molecule has 0 fully saturated rings. The minimum absolute atomic E-state index is 0.0180. The predicted octanol–water partition coefficient (Wildman–Crippen LogP) is 2.17. The smallest absolute Gasteiger partial charge is 0.221 e. The number of nitrogens with zero attached hydrogens (tertiary/aromatic N) is 2. The Kier molecular flexibility index (Phi) is 4.78. The summed E-state index contributed by atoms with van der Waals surface area (Å²) in [5, 5.41) is 7.11. The lowest BCUT2D eigenvalue weighted by Crippen LogP contribution is -2.23. The Morgan fingerprint density at radius 1 is 1.33 bits per heavy atom. The van der Waals surface area contributed by atoms with Crippen LogP contribution in [0.4, 0.5) is 0 Å². The normalized spacial score (nSPS) is 10.1. The van der Waals surface area contributed by atoms with E-state index in [4.69, 9.17) is 6.42 Å². The second-order valence-corrected chi connectivity index (χ2v) is 4.99. The van der Waals surface area contributed by atoms with Crippen molar-refractivity contribution in [1.29, 1.82) is 0 Å². The number of benzene rings is 1. The molecule has 0 aliphatic heterocycles. The van der Waals surface area contributed by atoms with Gasteiger partial charge in [0.2, 0.25) is 5.91 Å². The van der Waals surface area contributed by atoms with Crippen molar-refractivity contribution in [3.63, 3.8) is 0 Å². The summed E-state index contributed by atoms with van der Waals surface area (Å²) in [6, 6.07) is 10.1. The van der Waals surface area contributed by atoms with Crippen LogP contribution in [0.3, 0.4) is 0 Å². The Morgan fingerprint density at radius 3 is 2.62 bits per heavy atom. The van der Waals surface area contributed by atoms with Crippen LogP contribution in [-0.2, 0) is 11.2 Å². The zero-order valence-corrected chi connectivity index (χ0v) is 12.4. The molecule has 0 unspecified atom stereocenters. The number of carbonyl (C=O) groups excluding carboxylic acids is 1. The molecule has 1 heterocycles. The molecule has 0 aliphatic rings. The summed E-state index contributed by atoms with van der Waals surface area (Å²) in [6.07, 6.45) is 6.24. The van der Waals surface area contributed by atoms with Crippen molar-refractivity contribution >= 4 is 5.91 Å². The average Bonchev–Trinajstić information content (AvgIpc) is 2.82. The van der Waals surface area contributed by atoms with E-state index >= 15 is 0 Å². The van der Waals surface area contributed by atoms with Crippen molar-refractivity contribution in [3.05, 3.63) is 47.3 Å². The molecule has 1 N–H and O–H groups in total. The zero-order valence-electron chi connectivity index (χ0n) is 12.4. The Hall–Kier alpha value is -2.54. The highest BCUT2D eigenvalue weighted by molar-refractivity contribution is 5.76. The molecule has 1 amide bonds. The maximum absolute atomic E-state index is 11.5. The predicted molar refractivity (Wildman–Crippen MR) is 83.2 cm³/mol. The van der Waals surface area contributed by atoms with E-state index in [0.29, 0.717) is 12.8 Å². The van der Waals surface area contributed by atoms with E-state index in [9.17, 15) is 4.79 Å². The van der Waals surface area contributed by atoms with Crippen LogP contribution in [0.1, 0.15) is 23.4 Å². The molecule has 2 aromatic rings. The Balaban J connectivity index is 1.98. The second kappa shape index (κ2) is 6.76. The molecular formula is C17H19N3O. The number of nitrogens with one attached hydrogen (secondary N) is 1. The quantitative estimate of drug-likeness (QED) is 0.854. The van der Waals surface area contributed by atoms with Crippen molar-refractivity contribution in [2.24, 2.45) is 0 Å². The summed E-state index contributed by atoms with van der Waals surface area (Å²) in [5.41, 5.74) is 4.26. The summed E-state index contributed by atoms with van der Waals surface area (Å²) in [4.78, 5) is 11.5. The molecule has 1 aromatic heterocycles. The number of carbonyl (C=O) groups is 1. The zero-order chi connectivity index (χ0) is 15.2. The summed E-state index contributed by atoms with van der Waals surface area (Å²) in [6.45, 7) is 4.30. The van der Waals surface area contributed by atoms with Crippen LogP contribution >= 0.6 is 0 Å². The molecule has 0 bridgehead atoms. The Morgan fingerprint density at radius 2 is 2.05 bits per heavy atom. The number of hydrogen-bond donors (Lipinski definition) is 1. The minimum Gasteiger partial charge on any atom is -0.345 e. The van der Waals surface area contributed by atoms with Gasteiger partial charge in [-0.25, -0.2) is 4.68 Å². The van der Waals surface area contributed by atoms with Crippen LogP contribution in [0.25, 0.3) is 5.69 Å². The fourth-order valence-electron chi connectivity index (χ4n) is 2.19. The maximum atomic E-state index is 11.5. The Bertz CT molecular complexity index is 662. The van der Waals surface area contributed by atoms with E-state index in [2.05, 4.69) is 16.3 Å². The van der Waals surface area contributed by atoms with Crippen molar-refractivity contribution in [3.8, 4) is 18.0 Å². The molecule has 108 valence electrons. The first-order valence-electron chi connectivity index (χ1n) is 6.93. The van der Waals surface area contributed by atoms with Crippen LogP contribution in [0, 0.1) is 26.2 Å². The van der Waals surface area contributed by atoms with Gasteiger partial charge in [-0.3, -0.25) is 4.79 Å². The molecule has 0 saturated heterocycles. The van der Waals surface area contributed by atoms with Gasteiger partial charge in [-0.05, 0) is 44.0 Å². The molecular weight excluding hydrogens is 262 g/mol. The molecule has 4 heteroatoms. The van der Waals surface area contributed by atoms with Crippen LogP contribution in [0.2, 0.25) is 0 Å². The van der Waals surface area contributed by atoms with Gasteiger partial charge < -0.3 is 5.32 Å². The van der Waals surface area contributed by atoms with Gasteiger partial charge in [-0.2, -0.15) is 5.10 Å². The molecule has 0 radical (unpaired) electrons. The van der Waals surface area contributed by atoms with Gasteiger partial charge in [0.15, 0.2) is 0 Å². The highest BCUT2D eigenvalue weighted by Crippen LogP contribution is 2.13. The van der Waals surface area contributed by atoms with E-state index in [-0.39, 0.29) is 12.5 Å². The number of hydrogen-bond acceptors (Lipinski definition) is 2. The summed E-state index contributed by atoms with van der Waals surface area (Å²) in [5.74, 6) is 2.37. The van der Waals surface area contributed by atoms with Gasteiger partial charge in [0, 0.05) is 12.1 Å². The average molecular weight is 281 g/mol. The third-order valence-electron chi connectivity index (χ3n) is 3.22. The molecule has 4 nitrogen and oxygen atoms in total. The first-order valence-corrected chi connectivity index (χ1v) is 6.93. The highest BCUT2D eigenvalue weighted by atomic mass is 16.1. The first kappa shape index (κ1) is 14.9. The first-order chi connectivity index (χ1) is 10.1. The highest BCUT2D eigenvalue weighted by Gasteiger charge is 2.05.